The first-order chi connectivity index (χ1) is 10.6. The first-order valence-corrected chi connectivity index (χ1v) is 8.52. The van der Waals surface area contributed by atoms with Gasteiger partial charge in [0, 0.05) is 18.4 Å². The molecule has 0 saturated heterocycles. The van der Waals surface area contributed by atoms with E-state index in [-0.39, 0.29) is 11.2 Å². The van der Waals surface area contributed by atoms with Gasteiger partial charge in [-0.25, -0.2) is 0 Å². The Kier molecular flexibility index (Phi) is 4.33. The minimum Gasteiger partial charge on any atom is -0.338 e. The van der Waals surface area contributed by atoms with Crippen molar-refractivity contribution in [2.75, 3.05) is 0 Å². The van der Waals surface area contributed by atoms with Crippen LogP contribution in [0.5, 0.6) is 0 Å². The van der Waals surface area contributed by atoms with Crippen LogP contribution in [0.3, 0.4) is 0 Å². The fraction of sp³-hybridized carbons (Fsp3) is 0.600. The minimum atomic E-state index is 0.0415. The van der Waals surface area contributed by atoms with Crippen LogP contribution < -0.4 is 0 Å². The van der Waals surface area contributed by atoms with Crippen molar-refractivity contribution in [1.82, 2.24) is 24.9 Å². The first-order valence-electron chi connectivity index (χ1n) is 7.64. The summed E-state index contributed by atoms with van der Waals surface area (Å²) >= 11 is 1.60. The lowest BCUT2D eigenvalue weighted by atomic mass is 10.2. The molecule has 0 aromatic carbocycles. The largest absolute Gasteiger partial charge is 0.338 e. The van der Waals surface area contributed by atoms with Crippen LogP contribution in [0.15, 0.2) is 22.3 Å². The van der Waals surface area contributed by atoms with Crippen molar-refractivity contribution < 1.29 is 4.52 Å². The number of thioether (sulfide) groups is 1. The lowest BCUT2D eigenvalue weighted by molar-refractivity contribution is 0.373. The summed E-state index contributed by atoms with van der Waals surface area (Å²) in [7, 11) is 0. The van der Waals surface area contributed by atoms with Crippen molar-refractivity contribution in [2.45, 2.75) is 62.4 Å². The maximum Gasteiger partial charge on any atom is 0.239 e. The molecule has 0 amide bonds. The molecular formula is C15H21N5OS. The maximum absolute atomic E-state index is 5.37. The number of hydrogen-bond acceptors (Lipinski definition) is 6. The van der Waals surface area contributed by atoms with Crippen molar-refractivity contribution in [3.8, 4) is 0 Å². The molecule has 2 aromatic rings. The lowest BCUT2D eigenvalue weighted by Gasteiger charge is -2.09. The lowest BCUT2D eigenvalue weighted by Crippen LogP contribution is -2.03. The van der Waals surface area contributed by atoms with Crippen molar-refractivity contribution in [2.24, 2.45) is 0 Å². The molecule has 0 aliphatic heterocycles. The van der Waals surface area contributed by atoms with Gasteiger partial charge in [-0.05, 0) is 19.8 Å². The summed E-state index contributed by atoms with van der Waals surface area (Å²) in [5.74, 6) is 3.28. The zero-order valence-electron chi connectivity index (χ0n) is 13.2. The van der Waals surface area contributed by atoms with E-state index in [0.717, 1.165) is 23.4 Å². The Balaban J connectivity index is 1.77. The van der Waals surface area contributed by atoms with Gasteiger partial charge in [-0.3, -0.25) is 0 Å². The topological polar surface area (TPSA) is 69.6 Å². The van der Waals surface area contributed by atoms with E-state index >= 15 is 0 Å². The summed E-state index contributed by atoms with van der Waals surface area (Å²) in [6.45, 7) is 10.7. The predicted octanol–water partition coefficient (Wildman–Crippen LogP) is 3.70. The summed E-state index contributed by atoms with van der Waals surface area (Å²) in [5.41, 5.74) is 0. The van der Waals surface area contributed by atoms with Gasteiger partial charge >= 0.3 is 0 Å². The molecule has 7 heteroatoms. The van der Waals surface area contributed by atoms with Crippen LogP contribution in [0.25, 0.3) is 0 Å². The molecule has 1 aliphatic rings. The van der Waals surface area contributed by atoms with Gasteiger partial charge in [0.05, 0.1) is 5.25 Å². The van der Waals surface area contributed by atoms with Gasteiger partial charge in [-0.1, -0.05) is 36.8 Å². The van der Waals surface area contributed by atoms with Gasteiger partial charge in [0.15, 0.2) is 11.0 Å². The van der Waals surface area contributed by atoms with Crippen LogP contribution in [-0.4, -0.2) is 24.9 Å². The van der Waals surface area contributed by atoms with Crippen LogP contribution >= 0.6 is 11.8 Å². The average molecular weight is 319 g/mol. The highest BCUT2D eigenvalue weighted by molar-refractivity contribution is 7.99. The standard InChI is InChI=1S/C15H21N5OS/c1-5-8-20-13(11-6-7-11)17-18-15(20)22-10(4)14-16-12(9(2)3)19-21-14/h5,9-11H,1,6-8H2,2-4H3. The van der Waals surface area contributed by atoms with Crippen molar-refractivity contribution in [3.05, 3.63) is 30.2 Å². The molecule has 1 fully saturated rings. The Bertz CT molecular complexity index is 659. The molecule has 3 rings (SSSR count). The zero-order chi connectivity index (χ0) is 15.7. The third kappa shape index (κ3) is 3.09. The number of hydrogen-bond donors (Lipinski definition) is 0. The second-order valence-electron chi connectivity index (χ2n) is 5.92. The smallest absolute Gasteiger partial charge is 0.239 e. The second-order valence-corrected chi connectivity index (χ2v) is 7.23. The van der Waals surface area contributed by atoms with E-state index < -0.39 is 0 Å². The van der Waals surface area contributed by atoms with Crippen molar-refractivity contribution in [1.29, 1.82) is 0 Å². The van der Waals surface area contributed by atoms with Crippen LogP contribution in [0.4, 0.5) is 0 Å². The highest BCUT2D eigenvalue weighted by atomic mass is 32.2. The number of allylic oxidation sites excluding steroid dienone is 1. The van der Waals surface area contributed by atoms with E-state index in [2.05, 4.69) is 45.3 Å². The third-order valence-electron chi connectivity index (χ3n) is 3.60. The molecule has 0 spiro atoms. The predicted molar refractivity (Wildman–Crippen MR) is 84.9 cm³/mol. The average Bonchev–Trinajstić information content (AvgIpc) is 3.06. The summed E-state index contributed by atoms with van der Waals surface area (Å²) in [6.07, 6.45) is 4.29. The Morgan fingerprint density at radius 2 is 2.14 bits per heavy atom. The van der Waals surface area contributed by atoms with E-state index in [1.807, 2.05) is 13.0 Å². The summed E-state index contributed by atoms with van der Waals surface area (Å²) < 4.78 is 7.51. The molecule has 2 aromatic heterocycles. The van der Waals surface area contributed by atoms with Gasteiger partial charge in [0.25, 0.3) is 0 Å². The van der Waals surface area contributed by atoms with Crippen molar-refractivity contribution in [3.63, 3.8) is 0 Å². The SMILES string of the molecule is C=CCn1c(SC(C)c2nc(C(C)C)no2)nnc1C1CC1. The summed E-state index contributed by atoms with van der Waals surface area (Å²) in [6, 6.07) is 0. The minimum absolute atomic E-state index is 0.0415. The molecule has 22 heavy (non-hydrogen) atoms. The molecule has 1 saturated carbocycles. The van der Waals surface area contributed by atoms with Gasteiger partial charge in [-0.2, -0.15) is 4.98 Å². The van der Waals surface area contributed by atoms with E-state index in [0.29, 0.717) is 11.8 Å². The maximum atomic E-state index is 5.37. The molecule has 0 radical (unpaired) electrons. The molecule has 0 N–H and O–H groups in total. The molecule has 1 atom stereocenters. The first kappa shape index (κ1) is 15.3. The number of aromatic nitrogens is 5. The van der Waals surface area contributed by atoms with E-state index in [1.165, 1.54) is 12.8 Å². The molecule has 118 valence electrons. The molecule has 1 aliphatic carbocycles. The van der Waals surface area contributed by atoms with Gasteiger partial charge < -0.3 is 9.09 Å². The van der Waals surface area contributed by atoms with Gasteiger partial charge in [-0.15, -0.1) is 16.8 Å². The monoisotopic (exact) mass is 319 g/mol. The second kappa shape index (κ2) is 6.24. The number of nitrogens with zero attached hydrogens (tertiary/aromatic N) is 5. The Labute approximate surface area is 134 Å². The van der Waals surface area contributed by atoms with Crippen LogP contribution in [0.2, 0.25) is 0 Å². The number of rotatable bonds is 7. The fourth-order valence-electron chi connectivity index (χ4n) is 2.19. The van der Waals surface area contributed by atoms with Gasteiger partial charge in [0.1, 0.15) is 5.82 Å². The highest BCUT2D eigenvalue weighted by Gasteiger charge is 2.31. The van der Waals surface area contributed by atoms with Crippen LogP contribution in [0, 0.1) is 0 Å². The summed E-state index contributed by atoms with van der Waals surface area (Å²) in [5, 5.41) is 13.6. The summed E-state index contributed by atoms with van der Waals surface area (Å²) in [4.78, 5) is 4.46. The molecule has 1 unspecified atom stereocenters. The highest BCUT2D eigenvalue weighted by Crippen LogP contribution is 2.41. The zero-order valence-corrected chi connectivity index (χ0v) is 14.0. The van der Waals surface area contributed by atoms with Gasteiger partial charge in [0.2, 0.25) is 5.89 Å². The molecular weight excluding hydrogens is 298 g/mol. The third-order valence-corrected chi connectivity index (χ3v) is 4.67. The Hall–Kier alpha value is -1.63. The molecule has 0 bridgehead atoms. The fourth-order valence-corrected chi connectivity index (χ4v) is 3.08. The van der Waals surface area contributed by atoms with Crippen LogP contribution in [0.1, 0.15) is 68.2 Å². The normalized spacial score (nSPS) is 16.2. The van der Waals surface area contributed by atoms with Crippen LogP contribution in [-0.2, 0) is 6.54 Å². The molecule has 6 nitrogen and oxygen atoms in total. The van der Waals surface area contributed by atoms with E-state index in [9.17, 15) is 0 Å². The van der Waals surface area contributed by atoms with Crippen molar-refractivity contribution >= 4 is 11.8 Å². The quantitative estimate of drug-likeness (QED) is 0.572. The Morgan fingerprint density at radius 3 is 2.73 bits per heavy atom. The molecule has 2 heterocycles. The Morgan fingerprint density at radius 1 is 1.36 bits per heavy atom. The van der Waals surface area contributed by atoms with E-state index in [1.54, 1.807) is 11.8 Å². The van der Waals surface area contributed by atoms with E-state index in [4.69, 9.17) is 4.52 Å².